The lowest BCUT2D eigenvalue weighted by Crippen LogP contribution is -2.23. The van der Waals surface area contributed by atoms with E-state index in [-0.39, 0.29) is 10.8 Å². The van der Waals surface area contributed by atoms with Gasteiger partial charge in [-0.25, -0.2) is 18.1 Å². The lowest BCUT2D eigenvalue weighted by Gasteiger charge is -2.01. The maximum absolute atomic E-state index is 11.6. The Bertz CT molecular complexity index is 458. The van der Waals surface area contributed by atoms with Gasteiger partial charge in [0, 0.05) is 13.0 Å². The van der Waals surface area contributed by atoms with Crippen molar-refractivity contribution < 1.29 is 8.42 Å². The van der Waals surface area contributed by atoms with Crippen LogP contribution in [0.25, 0.3) is 0 Å². The van der Waals surface area contributed by atoms with Gasteiger partial charge in [0.1, 0.15) is 0 Å². The number of unbranched alkanes of at least 4 members (excludes halogenated alkanes) is 1. The van der Waals surface area contributed by atoms with Crippen molar-refractivity contribution in [3.8, 4) is 6.07 Å². The molecule has 1 aromatic rings. The minimum Gasteiger partial charge on any atom is -0.249 e. The summed E-state index contributed by atoms with van der Waals surface area (Å²) in [7, 11) is -3.42. The number of nitrogens with zero attached hydrogens (tertiary/aromatic N) is 2. The highest BCUT2D eigenvalue weighted by Crippen LogP contribution is 2.17. The maximum atomic E-state index is 11.6. The highest BCUT2D eigenvalue weighted by molar-refractivity contribution is 7.91. The molecular weight excluding hydrogens is 234 g/mol. The number of thiazole rings is 1. The van der Waals surface area contributed by atoms with E-state index < -0.39 is 10.0 Å². The van der Waals surface area contributed by atoms with E-state index in [0.717, 1.165) is 11.3 Å². The average molecular weight is 245 g/mol. The van der Waals surface area contributed by atoms with E-state index in [2.05, 4.69) is 9.71 Å². The summed E-state index contributed by atoms with van der Waals surface area (Å²) in [5, 5.41) is 9.00. The number of nitriles is 1. The van der Waals surface area contributed by atoms with Crippen LogP contribution in [0.1, 0.15) is 17.8 Å². The quantitative estimate of drug-likeness (QED) is 0.785. The smallest absolute Gasteiger partial charge is 0.249 e. The second kappa shape index (κ2) is 5.21. The van der Waals surface area contributed by atoms with Crippen molar-refractivity contribution in [3.63, 3.8) is 0 Å². The van der Waals surface area contributed by atoms with Gasteiger partial charge < -0.3 is 0 Å². The molecule has 0 saturated heterocycles. The van der Waals surface area contributed by atoms with Gasteiger partial charge in [0.25, 0.3) is 10.0 Å². The van der Waals surface area contributed by atoms with Gasteiger partial charge >= 0.3 is 0 Å². The van der Waals surface area contributed by atoms with Crippen LogP contribution in [0.4, 0.5) is 0 Å². The monoisotopic (exact) mass is 245 g/mol. The zero-order chi connectivity index (χ0) is 11.3. The van der Waals surface area contributed by atoms with E-state index in [4.69, 9.17) is 5.26 Å². The third kappa shape index (κ3) is 3.58. The van der Waals surface area contributed by atoms with Crippen molar-refractivity contribution in [2.45, 2.75) is 24.0 Å². The molecule has 0 aliphatic carbocycles. The Morgan fingerprint density at radius 1 is 1.67 bits per heavy atom. The second-order valence-corrected chi connectivity index (χ2v) is 6.09. The van der Waals surface area contributed by atoms with Gasteiger partial charge in [0.2, 0.25) is 0 Å². The molecule has 1 heterocycles. The van der Waals surface area contributed by atoms with E-state index >= 15 is 0 Å². The molecule has 0 spiro atoms. The van der Waals surface area contributed by atoms with Crippen molar-refractivity contribution in [3.05, 3.63) is 11.2 Å². The molecule has 0 unspecified atom stereocenters. The minimum absolute atomic E-state index is 0.219. The molecule has 0 aliphatic rings. The largest absolute Gasteiger partial charge is 0.251 e. The Labute approximate surface area is 92.8 Å². The summed E-state index contributed by atoms with van der Waals surface area (Å²) in [4.78, 5) is 3.87. The average Bonchev–Trinajstić information content (AvgIpc) is 2.60. The molecule has 0 atom stereocenters. The predicted molar refractivity (Wildman–Crippen MR) is 56.9 cm³/mol. The third-order valence-corrected chi connectivity index (χ3v) is 4.46. The zero-order valence-electron chi connectivity index (χ0n) is 8.23. The fourth-order valence-electron chi connectivity index (χ4n) is 0.911. The predicted octanol–water partition coefficient (Wildman–Crippen LogP) is 1.03. The molecule has 0 fully saturated rings. The van der Waals surface area contributed by atoms with Crippen LogP contribution in [0.15, 0.2) is 10.4 Å². The van der Waals surface area contributed by atoms with Crippen LogP contribution in [0.5, 0.6) is 0 Å². The lowest BCUT2D eigenvalue weighted by atomic mass is 10.3. The van der Waals surface area contributed by atoms with Crippen LogP contribution < -0.4 is 4.72 Å². The molecule has 1 N–H and O–H groups in total. The molecule has 5 nitrogen and oxygen atoms in total. The summed E-state index contributed by atoms with van der Waals surface area (Å²) >= 11 is 1.13. The van der Waals surface area contributed by atoms with Crippen LogP contribution in [-0.2, 0) is 10.0 Å². The second-order valence-electron chi connectivity index (χ2n) is 2.86. The topological polar surface area (TPSA) is 82.8 Å². The molecule has 0 aromatic carbocycles. The van der Waals surface area contributed by atoms with Gasteiger partial charge in [-0.2, -0.15) is 5.26 Å². The Kier molecular flexibility index (Phi) is 4.20. The molecule has 0 radical (unpaired) electrons. The highest BCUT2D eigenvalue weighted by atomic mass is 32.2. The number of aryl methyl sites for hydroxylation is 1. The van der Waals surface area contributed by atoms with Crippen molar-refractivity contribution >= 4 is 21.4 Å². The van der Waals surface area contributed by atoms with Gasteiger partial charge in [-0.1, -0.05) is 0 Å². The van der Waals surface area contributed by atoms with Gasteiger partial charge in [-0.3, -0.25) is 0 Å². The van der Waals surface area contributed by atoms with Crippen molar-refractivity contribution in [2.24, 2.45) is 0 Å². The molecule has 0 amide bonds. The molecule has 0 saturated carbocycles. The number of hydrogen-bond donors (Lipinski definition) is 1. The fraction of sp³-hybridized carbons (Fsp3) is 0.500. The molecule has 1 aromatic heterocycles. The zero-order valence-corrected chi connectivity index (χ0v) is 9.86. The van der Waals surface area contributed by atoms with Gasteiger partial charge in [-0.15, -0.1) is 11.3 Å². The molecular formula is C8H11N3O2S2. The van der Waals surface area contributed by atoms with E-state index in [0.29, 0.717) is 17.8 Å². The summed E-state index contributed by atoms with van der Waals surface area (Å²) < 4.78 is 25.8. The normalized spacial score (nSPS) is 11.2. The van der Waals surface area contributed by atoms with Crippen LogP contribution in [0.2, 0.25) is 0 Å². The Morgan fingerprint density at radius 2 is 2.40 bits per heavy atom. The standard InChI is InChI=1S/C8H11N3O2S2/c1-7-10-6-8(14-7)15(12,13)11-5-3-2-4-9/h6,11H,2-3,5H2,1H3. The van der Waals surface area contributed by atoms with Crippen LogP contribution in [0.3, 0.4) is 0 Å². The minimum atomic E-state index is -3.42. The number of rotatable bonds is 5. The molecule has 82 valence electrons. The first kappa shape index (κ1) is 12.1. The molecule has 1 rings (SSSR count). The van der Waals surface area contributed by atoms with Crippen molar-refractivity contribution in [1.29, 1.82) is 5.26 Å². The van der Waals surface area contributed by atoms with E-state index in [1.54, 1.807) is 6.92 Å². The number of aromatic nitrogens is 1. The van der Waals surface area contributed by atoms with Crippen LogP contribution in [0, 0.1) is 18.3 Å². The Balaban J connectivity index is 2.57. The molecule has 15 heavy (non-hydrogen) atoms. The molecule has 0 aliphatic heterocycles. The third-order valence-electron chi connectivity index (χ3n) is 1.62. The first-order chi connectivity index (χ1) is 7.06. The Hall–Kier alpha value is -0.970. The lowest BCUT2D eigenvalue weighted by molar-refractivity contribution is 0.581. The summed E-state index contributed by atoms with van der Waals surface area (Å²) in [6, 6.07) is 1.95. The Morgan fingerprint density at radius 3 is 2.93 bits per heavy atom. The summed E-state index contributed by atoms with van der Waals surface area (Å²) in [6.07, 6.45) is 2.21. The summed E-state index contributed by atoms with van der Waals surface area (Å²) in [5.41, 5.74) is 0. The number of sulfonamides is 1. The maximum Gasteiger partial charge on any atom is 0.251 e. The van der Waals surface area contributed by atoms with Crippen LogP contribution in [-0.4, -0.2) is 19.9 Å². The molecule has 0 bridgehead atoms. The number of nitrogens with one attached hydrogen (secondary N) is 1. The van der Waals surface area contributed by atoms with Crippen LogP contribution >= 0.6 is 11.3 Å². The fourth-order valence-corrected chi connectivity index (χ4v) is 3.14. The van der Waals surface area contributed by atoms with Gasteiger partial charge in [-0.05, 0) is 13.3 Å². The summed E-state index contributed by atoms with van der Waals surface area (Å²) in [6.45, 7) is 2.03. The van der Waals surface area contributed by atoms with Gasteiger partial charge in [0.15, 0.2) is 4.21 Å². The van der Waals surface area contributed by atoms with Crippen molar-refractivity contribution in [1.82, 2.24) is 9.71 Å². The van der Waals surface area contributed by atoms with Crippen molar-refractivity contribution in [2.75, 3.05) is 6.54 Å². The first-order valence-corrected chi connectivity index (χ1v) is 6.65. The van der Waals surface area contributed by atoms with E-state index in [9.17, 15) is 8.42 Å². The van der Waals surface area contributed by atoms with Gasteiger partial charge in [0.05, 0.1) is 17.3 Å². The number of hydrogen-bond acceptors (Lipinski definition) is 5. The SMILES string of the molecule is Cc1ncc(S(=O)(=O)NCCCC#N)s1. The molecule has 7 heteroatoms. The highest BCUT2D eigenvalue weighted by Gasteiger charge is 2.15. The first-order valence-electron chi connectivity index (χ1n) is 4.35. The summed E-state index contributed by atoms with van der Waals surface area (Å²) in [5.74, 6) is 0. The van der Waals surface area contributed by atoms with E-state index in [1.807, 2.05) is 6.07 Å². The van der Waals surface area contributed by atoms with E-state index in [1.165, 1.54) is 6.20 Å².